The molecule has 1 aliphatic heterocycles. The Bertz CT molecular complexity index is 556. The van der Waals surface area contributed by atoms with E-state index in [1.54, 1.807) is 24.7 Å². The lowest BCUT2D eigenvalue weighted by Gasteiger charge is -2.33. The molecule has 0 bridgehead atoms. The zero-order chi connectivity index (χ0) is 15.5. The number of hydrogen-bond acceptors (Lipinski definition) is 4. The molecular formula is C13H24N4O3S. The van der Waals surface area contributed by atoms with E-state index in [-0.39, 0.29) is 12.5 Å². The first-order valence-corrected chi connectivity index (χ1v) is 8.54. The van der Waals surface area contributed by atoms with E-state index in [2.05, 4.69) is 9.97 Å². The monoisotopic (exact) mass is 316 g/mol. The highest BCUT2D eigenvalue weighted by Gasteiger charge is 2.32. The van der Waals surface area contributed by atoms with Gasteiger partial charge in [-0.05, 0) is 25.7 Å². The van der Waals surface area contributed by atoms with E-state index in [4.69, 9.17) is 4.74 Å². The Balaban J connectivity index is 2.02. The fraction of sp³-hybridized carbons (Fsp3) is 0.769. The summed E-state index contributed by atoms with van der Waals surface area (Å²) >= 11 is 0. The van der Waals surface area contributed by atoms with E-state index in [0.717, 1.165) is 18.5 Å². The van der Waals surface area contributed by atoms with E-state index in [1.165, 1.54) is 4.31 Å². The van der Waals surface area contributed by atoms with Crippen LogP contribution in [-0.2, 0) is 21.5 Å². The Kier molecular flexibility index (Phi) is 5.37. The number of methoxy groups -OCH3 is 1. The van der Waals surface area contributed by atoms with Gasteiger partial charge in [0.2, 0.25) is 0 Å². The average Bonchev–Trinajstić information content (AvgIpc) is 2.85. The van der Waals surface area contributed by atoms with Crippen LogP contribution >= 0.6 is 0 Å². The lowest BCUT2D eigenvalue weighted by Crippen LogP contribution is -2.47. The molecule has 120 valence electrons. The van der Waals surface area contributed by atoms with E-state index in [0.29, 0.717) is 25.5 Å². The molecule has 7 nitrogen and oxygen atoms in total. The number of aryl methyl sites for hydroxylation is 1. The third kappa shape index (κ3) is 4.03. The average molecular weight is 316 g/mol. The normalized spacial score (nSPS) is 21.0. The SMILES string of the molecule is COCC1CCCN(S(=O)(=O)N(C)Cc2ncc(C)[nH]2)C1. The van der Waals surface area contributed by atoms with Crippen LogP contribution in [0.4, 0.5) is 0 Å². The number of nitrogens with one attached hydrogen (secondary N) is 1. The second kappa shape index (κ2) is 6.87. The minimum Gasteiger partial charge on any atom is -0.384 e. The summed E-state index contributed by atoms with van der Waals surface area (Å²) < 4.78 is 33.3. The predicted molar refractivity (Wildman–Crippen MR) is 79.9 cm³/mol. The zero-order valence-electron chi connectivity index (χ0n) is 12.9. The van der Waals surface area contributed by atoms with Crippen molar-refractivity contribution < 1.29 is 13.2 Å². The van der Waals surface area contributed by atoms with Gasteiger partial charge in [0.25, 0.3) is 10.2 Å². The van der Waals surface area contributed by atoms with Crippen molar-refractivity contribution in [3.63, 3.8) is 0 Å². The molecule has 8 heteroatoms. The fourth-order valence-electron chi connectivity index (χ4n) is 2.65. The summed E-state index contributed by atoms with van der Waals surface area (Å²) in [5.74, 6) is 0.932. The summed E-state index contributed by atoms with van der Waals surface area (Å²) in [5, 5.41) is 0. The highest BCUT2D eigenvalue weighted by atomic mass is 32.2. The molecule has 0 saturated carbocycles. The van der Waals surface area contributed by atoms with Crippen LogP contribution in [0.2, 0.25) is 0 Å². The highest BCUT2D eigenvalue weighted by molar-refractivity contribution is 7.86. The lowest BCUT2D eigenvalue weighted by atomic mass is 10.0. The molecule has 0 aliphatic carbocycles. The minimum atomic E-state index is -3.45. The Hall–Kier alpha value is -0.960. The van der Waals surface area contributed by atoms with E-state index >= 15 is 0 Å². The summed E-state index contributed by atoms with van der Waals surface area (Å²) in [7, 11) is -0.209. The molecule has 0 radical (unpaired) electrons. The minimum absolute atomic E-state index is 0.252. The van der Waals surface area contributed by atoms with Gasteiger partial charge in [-0.25, -0.2) is 4.98 Å². The molecule has 0 amide bonds. The largest absolute Gasteiger partial charge is 0.384 e. The van der Waals surface area contributed by atoms with Gasteiger partial charge in [-0.15, -0.1) is 0 Å². The maximum absolute atomic E-state index is 12.6. The van der Waals surface area contributed by atoms with E-state index in [1.807, 2.05) is 6.92 Å². The number of aromatic nitrogens is 2. The number of imidazole rings is 1. The number of hydrogen-bond donors (Lipinski definition) is 1. The Morgan fingerprint density at radius 2 is 2.33 bits per heavy atom. The summed E-state index contributed by atoms with van der Waals surface area (Å²) in [4.78, 5) is 7.21. The maximum Gasteiger partial charge on any atom is 0.282 e. The van der Waals surface area contributed by atoms with Crippen molar-refractivity contribution in [1.29, 1.82) is 0 Å². The molecule has 1 unspecified atom stereocenters. The van der Waals surface area contributed by atoms with Gasteiger partial charge in [0.15, 0.2) is 0 Å². The number of nitrogens with zero attached hydrogens (tertiary/aromatic N) is 3. The van der Waals surface area contributed by atoms with Crippen molar-refractivity contribution in [3.8, 4) is 0 Å². The Labute approximate surface area is 126 Å². The Morgan fingerprint density at radius 3 is 2.95 bits per heavy atom. The van der Waals surface area contributed by atoms with Crippen LogP contribution in [0.25, 0.3) is 0 Å². The van der Waals surface area contributed by atoms with Gasteiger partial charge in [0.05, 0.1) is 13.2 Å². The molecule has 21 heavy (non-hydrogen) atoms. The number of piperidine rings is 1. The maximum atomic E-state index is 12.6. The summed E-state index contributed by atoms with van der Waals surface area (Å²) in [5.41, 5.74) is 0.925. The highest BCUT2D eigenvalue weighted by Crippen LogP contribution is 2.21. The van der Waals surface area contributed by atoms with Crippen LogP contribution in [-0.4, -0.2) is 60.9 Å². The molecule has 1 N–H and O–H groups in total. The second-order valence-electron chi connectivity index (χ2n) is 5.60. The van der Waals surface area contributed by atoms with E-state index in [9.17, 15) is 8.42 Å². The number of aromatic amines is 1. The second-order valence-corrected chi connectivity index (χ2v) is 7.63. The fourth-order valence-corrected chi connectivity index (χ4v) is 4.08. The van der Waals surface area contributed by atoms with Gasteiger partial charge < -0.3 is 9.72 Å². The third-order valence-electron chi connectivity index (χ3n) is 3.73. The van der Waals surface area contributed by atoms with Crippen LogP contribution in [0.15, 0.2) is 6.20 Å². The van der Waals surface area contributed by atoms with Crippen LogP contribution in [0.3, 0.4) is 0 Å². The smallest absolute Gasteiger partial charge is 0.282 e. The van der Waals surface area contributed by atoms with Gasteiger partial charge in [-0.2, -0.15) is 17.0 Å². The molecule has 1 fully saturated rings. The van der Waals surface area contributed by atoms with E-state index < -0.39 is 10.2 Å². The topological polar surface area (TPSA) is 78.5 Å². The Morgan fingerprint density at radius 1 is 1.57 bits per heavy atom. The predicted octanol–water partition coefficient (Wildman–Crippen LogP) is 0.753. The van der Waals surface area contributed by atoms with Crippen molar-refractivity contribution in [1.82, 2.24) is 18.6 Å². The van der Waals surface area contributed by atoms with Gasteiger partial charge in [-0.1, -0.05) is 0 Å². The summed E-state index contributed by atoms with van der Waals surface area (Å²) in [6.45, 7) is 3.85. The molecule has 1 aromatic heterocycles. The molecule has 1 atom stereocenters. The van der Waals surface area contributed by atoms with Gasteiger partial charge in [0.1, 0.15) is 5.82 Å². The van der Waals surface area contributed by atoms with Crippen molar-refractivity contribution in [2.45, 2.75) is 26.3 Å². The third-order valence-corrected chi connectivity index (χ3v) is 5.63. The molecule has 0 spiro atoms. The summed E-state index contributed by atoms with van der Waals surface area (Å²) in [6, 6.07) is 0. The van der Waals surface area contributed by atoms with Gasteiger partial charge in [-0.3, -0.25) is 0 Å². The van der Waals surface area contributed by atoms with Crippen LogP contribution in [0.1, 0.15) is 24.4 Å². The van der Waals surface area contributed by atoms with Gasteiger partial charge in [0, 0.05) is 39.1 Å². The standard InChI is InChI=1S/C13H24N4O3S/c1-11-7-14-13(15-11)9-16(2)21(18,19)17-6-4-5-12(8-17)10-20-3/h7,12H,4-6,8-10H2,1-3H3,(H,14,15). The number of rotatable bonds is 6. The molecule has 2 heterocycles. The molecule has 1 aliphatic rings. The van der Waals surface area contributed by atoms with Crippen LogP contribution < -0.4 is 0 Å². The van der Waals surface area contributed by atoms with Crippen molar-refractivity contribution in [3.05, 3.63) is 17.7 Å². The van der Waals surface area contributed by atoms with Crippen LogP contribution in [0.5, 0.6) is 0 Å². The van der Waals surface area contributed by atoms with Crippen LogP contribution in [0, 0.1) is 12.8 Å². The molecule has 1 aromatic rings. The molecular weight excluding hydrogens is 292 g/mol. The van der Waals surface area contributed by atoms with Crippen molar-refractivity contribution in [2.24, 2.45) is 5.92 Å². The van der Waals surface area contributed by atoms with Crippen molar-refractivity contribution >= 4 is 10.2 Å². The zero-order valence-corrected chi connectivity index (χ0v) is 13.7. The summed E-state index contributed by atoms with van der Waals surface area (Å²) in [6.07, 6.45) is 3.59. The number of H-pyrrole nitrogens is 1. The molecule has 0 aromatic carbocycles. The molecule has 2 rings (SSSR count). The quantitative estimate of drug-likeness (QED) is 0.840. The van der Waals surface area contributed by atoms with Gasteiger partial charge >= 0.3 is 0 Å². The molecule has 1 saturated heterocycles. The first-order valence-electron chi connectivity index (χ1n) is 7.14. The number of ether oxygens (including phenoxy) is 1. The first kappa shape index (κ1) is 16.4. The lowest BCUT2D eigenvalue weighted by molar-refractivity contribution is 0.116. The first-order chi connectivity index (χ1) is 9.93. The van der Waals surface area contributed by atoms with Crippen molar-refractivity contribution in [2.75, 3.05) is 33.9 Å².